The maximum atomic E-state index is 12.4. The molecule has 0 bridgehead atoms. The molecule has 0 aliphatic carbocycles. The highest BCUT2D eigenvalue weighted by Crippen LogP contribution is 2.31. The number of amides is 2. The zero-order chi connectivity index (χ0) is 33.7. The van der Waals surface area contributed by atoms with Gasteiger partial charge in [-0.1, -0.05) is 38.1 Å². The summed E-state index contributed by atoms with van der Waals surface area (Å²) in [5.41, 5.74) is 17.8. The van der Waals surface area contributed by atoms with Crippen LogP contribution in [0.1, 0.15) is 45.7 Å². The second kappa shape index (κ2) is 14.1. The van der Waals surface area contributed by atoms with Gasteiger partial charge < -0.3 is 11.5 Å². The fraction of sp³-hybridized carbons (Fsp3) is 0.118. The van der Waals surface area contributed by atoms with Crippen LogP contribution in [0, 0.1) is 22.7 Å². The van der Waals surface area contributed by atoms with Crippen molar-refractivity contribution in [2.45, 2.75) is 23.6 Å². The van der Waals surface area contributed by atoms with Crippen LogP contribution in [0.3, 0.4) is 0 Å². The summed E-state index contributed by atoms with van der Waals surface area (Å²) in [4.78, 5) is 24.5. The van der Waals surface area contributed by atoms with E-state index < -0.39 is 22.6 Å². The summed E-state index contributed by atoms with van der Waals surface area (Å²) in [6, 6.07) is 22.5. The van der Waals surface area contributed by atoms with E-state index >= 15 is 0 Å². The maximum absolute atomic E-state index is 12.4. The zero-order valence-corrected chi connectivity index (χ0v) is 27.0. The van der Waals surface area contributed by atoms with Gasteiger partial charge in [-0.05, 0) is 53.3 Å². The van der Waals surface area contributed by atoms with Gasteiger partial charge in [0, 0.05) is 34.2 Å². The van der Waals surface area contributed by atoms with E-state index in [9.17, 15) is 13.8 Å². The van der Waals surface area contributed by atoms with Gasteiger partial charge in [0.15, 0.2) is 0 Å². The van der Waals surface area contributed by atoms with Crippen molar-refractivity contribution in [1.29, 1.82) is 10.5 Å². The minimum atomic E-state index is -1.35. The number of carbonyl (C=O) groups is 2. The average molecular weight is 661 g/mol. The van der Waals surface area contributed by atoms with Crippen LogP contribution in [0.4, 0.5) is 0 Å². The molecule has 47 heavy (non-hydrogen) atoms. The number of nitrogens with two attached hydrogens (primary N) is 2. The summed E-state index contributed by atoms with van der Waals surface area (Å²) in [5, 5.41) is 26.2. The Hall–Kier alpha value is -5.76. The summed E-state index contributed by atoms with van der Waals surface area (Å²) in [5.74, 6) is 0.0780. The lowest BCUT2D eigenvalue weighted by molar-refractivity contribution is 0.0988. The average Bonchev–Trinajstić information content (AvgIpc) is 3.73. The number of thioether (sulfide) groups is 1. The minimum Gasteiger partial charge on any atom is -0.366 e. The Labute approximate surface area is 276 Å². The number of benzene rings is 2. The van der Waals surface area contributed by atoms with E-state index in [1.54, 1.807) is 58.2 Å². The SMILES string of the molecule is CCS(=O)c1c(C(N)=O)cnn2cc(-c3ccc(C#N)cc3)cc12.CCSc1c(C(N)=O)cnn2cc(-c3ccc(C#N)cc3)cc12. The molecule has 4 heterocycles. The molecule has 0 saturated heterocycles. The standard InChI is InChI=1S/C17H14N4O2S.C17H14N4OS/c1-2-24(23)16-14(17(19)22)9-20-21-10-13(7-15(16)21)12-5-3-11(8-18)4-6-12;1-2-23-16-14(17(19)22)9-20-21-10-13(7-15(16)21)12-5-3-11(8-18)4-6-12/h3-7,9-10H,2H2,1H3,(H2,19,22);3-7,9-10H,2H2,1H3,(H2,19,22). The highest BCUT2D eigenvalue weighted by molar-refractivity contribution is 7.99. The lowest BCUT2D eigenvalue weighted by atomic mass is 10.1. The van der Waals surface area contributed by atoms with Crippen molar-refractivity contribution in [2.75, 3.05) is 11.5 Å². The van der Waals surface area contributed by atoms with Gasteiger partial charge in [-0.2, -0.15) is 20.7 Å². The predicted octanol–water partition coefficient (Wildman–Crippen LogP) is 5.18. The highest BCUT2D eigenvalue weighted by atomic mass is 32.2. The van der Waals surface area contributed by atoms with Gasteiger partial charge in [-0.3, -0.25) is 13.8 Å². The third kappa shape index (κ3) is 6.77. The monoisotopic (exact) mass is 660 g/mol. The topological polar surface area (TPSA) is 185 Å². The van der Waals surface area contributed by atoms with E-state index in [4.69, 9.17) is 22.0 Å². The zero-order valence-electron chi connectivity index (χ0n) is 25.4. The molecule has 1 atom stereocenters. The third-order valence-electron chi connectivity index (χ3n) is 7.18. The van der Waals surface area contributed by atoms with Crippen LogP contribution in [0.5, 0.6) is 0 Å². The first kappa shape index (κ1) is 32.6. The van der Waals surface area contributed by atoms with E-state index in [0.29, 0.717) is 32.9 Å². The van der Waals surface area contributed by atoms with Crippen LogP contribution in [0.15, 0.2) is 95.2 Å². The first-order valence-corrected chi connectivity index (χ1v) is 16.6. The number of hydrogen-bond acceptors (Lipinski definition) is 8. The van der Waals surface area contributed by atoms with Gasteiger partial charge in [-0.25, -0.2) is 9.03 Å². The summed E-state index contributed by atoms with van der Waals surface area (Å²) < 4.78 is 15.7. The molecule has 0 aliphatic heterocycles. The van der Waals surface area contributed by atoms with Crippen molar-refractivity contribution in [3.05, 3.63) is 108 Å². The molecular weight excluding hydrogens is 633 g/mol. The molecule has 1 unspecified atom stereocenters. The largest absolute Gasteiger partial charge is 0.366 e. The van der Waals surface area contributed by atoms with Crippen LogP contribution in [-0.2, 0) is 10.8 Å². The highest BCUT2D eigenvalue weighted by Gasteiger charge is 2.19. The van der Waals surface area contributed by atoms with Crippen molar-refractivity contribution in [3.8, 4) is 34.4 Å². The van der Waals surface area contributed by atoms with Crippen LogP contribution < -0.4 is 11.5 Å². The Bertz CT molecular complexity index is 2240. The second-order valence-corrected chi connectivity index (χ2v) is 13.0. The van der Waals surface area contributed by atoms with Gasteiger partial charge >= 0.3 is 0 Å². The van der Waals surface area contributed by atoms with E-state index in [0.717, 1.165) is 38.4 Å². The quantitative estimate of drug-likeness (QED) is 0.209. The van der Waals surface area contributed by atoms with Crippen molar-refractivity contribution in [1.82, 2.24) is 19.2 Å². The maximum Gasteiger partial charge on any atom is 0.251 e. The summed E-state index contributed by atoms with van der Waals surface area (Å²) in [6.07, 6.45) is 6.55. The number of nitriles is 2. The van der Waals surface area contributed by atoms with E-state index in [2.05, 4.69) is 22.3 Å². The van der Waals surface area contributed by atoms with Crippen LogP contribution in [0.2, 0.25) is 0 Å². The number of fused-ring (bicyclic) bond motifs is 2. The Balaban J connectivity index is 0.000000185. The Morgan fingerprint density at radius 1 is 0.766 bits per heavy atom. The molecule has 11 nitrogen and oxygen atoms in total. The molecule has 6 aromatic rings. The van der Waals surface area contributed by atoms with E-state index in [1.165, 1.54) is 12.4 Å². The Kier molecular flexibility index (Phi) is 9.80. The summed E-state index contributed by atoms with van der Waals surface area (Å²) in [6.45, 7) is 3.80. The number of carbonyl (C=O) groups excluding carboxylic acids is 2. The molecule has 4 N–H and O–H groups in total. The first-order valence-electron chi connectivity index (χ1n) is 14.3. The normalized spacial score (nSPS) is 11.3. The van der Waals surface area contributed by atoms with Gasteiger partial charge in [0.1, 0.15) is 0 Å². The minimum absolute atomic E-state index is 0.173. The smallest absolute Gasteiger partial charge is 0.251 e. The number of rotatable bonds is 8. The Morgan fingerprint density at radius 2 is 1.23 bits per heavy atom. The third-order valence-corrected chi connectivity index (χ3v) is 9.60. The van der Waals surface area contributed by atoms with Gasteiger partial charge in [0.05, 0.1) is 73.5 Å². The second-order valence-electron chi connectivity index (χ2n) is 10.1. The summed E-state index contributed by atoms with van der Waals surface area (Å²) >= 11 is 1.57. The number of aromatic nitrogens is 4. The van der Waals surface area contributed by atoms with E-state index in [1.807, 2.05) is 49.5 Å². The van der Waals surface area contributed by atoms with Crippen LogP contribution >= 0.6 is 11.8 Å². The van der Waals surface area contributed by atoms with Gasteiger partial charge in [-0.15, -0.1) is 11.8 Å². The molecular formula is C34H28N8O3S2. The predicted molar refractivity (Wildman–Crippen MR) is 181 cm³/mol. The molecule has 0 radical (unpaired) electrons. The van der Waals surface area contributed by atoms with Gasteiger partial charge in [0.25, 0.3) is 11.8 Å². The molecule has 0 spiro atoms. The fourth-order valence-electron chi connectivity index (χ4n) is 4.89. The first-order chi connectivity index (χ1) is 22.7. The van der Waals surface area contributed by atoms with Crippen molar-refractivity contribution < 1.29 is 13.8 Å². The fourth-order valence-corrected chi connectivity index (χ4v) is 6.86. The summed E-state index contributed by atoms with van der Waals surface area (Å²) in [7, 11) is -1.35. The van der Waals surface area contributed by atoms with Crippen molar-refractivity contribution in [3.63, 3.8) is 0 Å². The lowest BCUT2D eigenvalue weighted by Gasteiger charge is -2.07. The van der Waals surface area contributed by atoms with E-state index in [-0.39, 0.29) is 5.56 Å². The number of primary amides is 2. The molecule has 13 heteroatoms. The molecule has 234 valence electrons. The number of hydrogen-bond donors (Lipinski definition) is 2. The van der Waals surface area contributed by atoms with Gasteiger partial charge in [0.2, 0.25) is 0 Å². The number of nitrogens with zero attached hydrogens (tertiary/aromatic N) is 6. The molecule has 4 aromatic heterocycles. The lowest BCUT2D eigenvalue weighted by Crippen LogP contribution is -2.16. The van der Waals surface area contributed by atoms with Crippen molar-refractivity contribution in [2.24, 2.45) is 11.5 Å². The molecule has 2 amide bonds. The molecule has 0 aliphatic rings. The van der Waals surface area contributed by atoms with Crippen molar-refractivity contribution >= 4 is 45.4 Å². The van der Waals surface area contributed by atoms with Crippen LogP contribution in [0.25, 0.3) is 33.3 Å². The molecule has 0 fully saturated rings. The molecule has 0 saturated carbocycles. The molecule has 2 aromatic carbocycles. The van der Waals surface area contributed by atoms with Crippen LogP contribution in [-0.4, -0.2) is 46.8 Å². The molecule has 6 rings (SSSR count). The Morgan fingerprint density at radius 3 is 1.68 bits per heavy atom.